The third-order valence-electron chi connectivity index (χ3n) is 4.31. The lowest BCUT2D eigenvalue weighted by molar-refractivity contribution is 0.262. The molecule has 3 aromatic carbocycles. The molecule has 27 heavy (non-hydrogen) atoms. The second-order valence-corrected chi connectivity index (χ2v) is 6.70. The van der Waals surface area contributed by atoms with Crippen LogP contribution in [-0.4, -0.2) is 12.1 Å². The second kappa shape index (κ2) is 8.90. The topological polar surface area (TPSA) is 44.4 Å². The van der Waals surface area contributed by atoms with Crippen molar-refractivity contribution in [2.24, 2.45) is 0 Å². The average Bonchev–Trinajstić information content (AvgIpc) is 2.68. The number of anilines is 3. The van der Waals surface area contributed by atoms with Gasteiger partial charge in [-0.1, -0.05) is 48.5 Å². The standard InChI is InChI=1S/C23H25N3O/c1-18(2)26(17-19-9-5-3-6-10-19)22-15-13-21(14-16-22)25-23(27)24-20-11-7-4-8-12-20/h3-16,18H,17H2,1-2H3,(H2,24,25,27). The van der Waals surface area contributed by atoms with Crippen LogP contribution in [0.5, 0.6) is 0 Å². The summed E-state index contributed by atoms with van der Waals surface area (Å²) in [5.41, 5.74) is 3.93. The van der Waals surface area contributed by atoms with Crippen LogP contribution >= 0.6 is 0 Å². The first-order valence-corrected chi connectivity index (χ1v) is 9.15. The molecule has 0 aliphatic rings. The van der Waals surface area contributed by atoms with Gasteiger partial charge in [-0.3, -0.25) is 0 Å². The number of benzene rings is 3. The molecule has 0 spiro atoms. The van der Waals surface area contributed by atoms with Crippen LogP contribution in [0.2, 0.25) is 0 Å². The van der Waals surface area contributed by atoms with Crippen LogP contribution in [0.25, 0.3) is 0 Å². The summed E-state index contributed by atoms with van der Waals surface area (Å²) in [6, 6.07) is 27.9. The van der Waals surface area contributed by atoms with Gasteiger partial charge in [0, 0.05) is 29.6 Å². The quantitative estimate of drug-likeness (QED) is 0.589. The molecular weight excluding hydrogens is 334 g/mol. The van der Waals surface area contributed by atoms with E-state index in [1.807, 2.05) is 60.7 Å². The van der Waals surface area contributed by atoms with Crippen molar-refractivity contribution >= 4 is 23.1 Å². The number of carbonyl (C=O) groups is 1. The van der Waals surface area contributed by atoms with E-state index in [0.29, 0.717) is 6.04 Å². The molecule has 3 aromatic rings. The molecule has 0 saturated carbocycles. The molecule has 0 bridgehead atoms. The summed E-state index contributed by atoms with van der Waals surface area (Å²) in [6.07, 6.45) is 0. The molecule has 0 aliphatic heterocycles. The number of rotatable bonds is 6. The highest BCUT2D eigenvalue weighted by atomic mass is 16.2. The Morgan fingerprint density at radius 2 is 1.30 bits per heavy atom. The summed E-state index contributed by atoms with van der Waals surface area (Å²) in [5, 5.41) is 5.69. The summed E-state index contributed by atoms with van der Waals surface area (Å²) in [7, 11) is 0. The van der Waals surface area contributed by atoms with E-state index in [-0.39, 0.29) is 6.03 Å². The molecule has 2 N–H and O–H groups in total. The zero-order valence-corrected chi connectivity index (χ0v) is 15.7. The molecule has 0 fully saturated rings. The van der Waals surface area contributed by atoms with Gasteiger partial charge < -0.3 is 15.5 Å². The van der Waals surface area contributed by atoms with Crippen molar-refractivity contribution in [3.63, 3.8) is 0 Å². The number of nitrogens with zero attached hydrogens (tertiary/aromatic N) is 1. The Bertz CT molecular complexity index is 846. The molecule has 0 atom stereocenters. The van der Waals surface area contributed by atoms with Crippen LogP contribution in [0.3, 0.4) is 0 Å². The molecule has 2 amide bonds. The first-order valence-electron chi connectivity index (χ1n) is 9.15. The maximum Gasteiger partial charge on any atom is 0.323 e. The second-order valence-electron chi connectivity index (χ2n) is 6.70. The van der Waals surface area contributed by atoms with Gasteiger partial charge in [-0.05, 0) is 55.8 Å². The van der Waals surface area contributed by atoms with Gasteiger partial charge in [-0.15, -0.1) is 0 Å². The molecule has 0 saturated heterocycles. The van der Waals surface area contributed by atoms with Crippen molar-refractivity contribution in [2.45, 2.75) is 26.4 Å². The van der Waals surface area contributed by atoms with E-state index < -0.39 is 0 Å². The molecule has 4 nitrogen and oxygen atoms in total. The molecule has 0 aliphatic carbocycles. The van der Waals surface area contributed by atoms with Gasteiger partial charge >= 0.3 is 6.03 Å². The lowest BCUT2D eigenvalue weighted by Gasteiger charge is -2.29. The third-order valence-corrected chi connectivity index (χ3v) is 4.31. The molecule has 0 heterocycles. The van der Waals surface area contributed by atoms with Crippen molar-refractivity contribution in [1.29, 1.82) is 0 Å². The molecule has 138 valence electrons. The SMILES string of the molecule is CC(C)N(Cc1ccccc1)c1ccc(NC(=O)Nc2ccccc2)cc1. The summed E-state index contributed by atoms with van der Waals surface area (Å²) in [4.78, 5) is 14.5. The molecule has 0 aromatic heterocycles. The highest BCUT2D eigenvalue weighted by Gasteiger charge is 2.11. The van der Waals surface area contributed by atoms with E-state index >= 15 is 0 Å². The highest BCUT2D eigenvalue weighted by molar-refractivity contribution is 5.99. The van der Waals surface area contributed by atoms with E-state index in [9.17, 15) is 4.79 Å². The molecule has 3 rings (SSSR count). The van der Waals surface area contributed by atoms with Gasteiger partial charge in [-0.25, -0.2) is 4.79 Å². The summed E-state index contributed by atoms with van der Waals surface area (Å²) >= 11 is 0. The summed E-state index contributed by atoms with van der Waals surface area (Å²) in [6.45, 7) is 5.21. The first kappa shape index (κ1) is 18.5. The molecule has 0 radical (unpaired) electrons. The number of hydrogen-bond donors (Lipinski definition) is 2. The number of para-hydroxylation sites is 1. The number of hydrogen-bond acceptors (Lipinski definition) is 2. The Balaban J connectivity index is 1.65. The Hall–Kier alpha value is -3.27. The third kappa shape index (κ3) is 5.35. The maximum atomic E-state index is 12.1. The van der Waals surface area contributed by atoms with Gasteiger partial charge in [0.05, 0.1) is 0 Å². The first-order chi connectivity index (χ1) is 13.1. The van der Waals surface area contributed by atoms with Crippen LogP contribution in [0.4, 0.5) is 21.9 Å². The van der Waals surface area contributed by atoms with Crippen molar-refractivity contribution < 1.29 is 4.79 Å². The van der Waals surface area contributed by atoms with Crippen LogP contribution in [0.15, 0.2) is 84.9 Å². The Kier molecular flexibility index (Phi) is 6.10. The monoisotopic (exact) mass is 359 g/mol. The zero-order chi connectivity index (χ0) is 19.1. The van der Waals surface area contributed by atoms with E-state index in [4.69, 9.17) is 0 Å². The highest BCUT2D eigenvalue weighted by Crippen LogP contribution is 2.22. The van der Waals surface area contributed by atoms with Crippen molar-refractivity contribution in [3.05, 3.63) is 90.5 Å². The van der Waals surface area contributed by atoms with Crippen molar-refractivity contribution in [3.8, 4) is 0 Å². The fourth-order valence-electron chi connectivity index (χ4n) is 2.90. The lowest BCUT2D eigenvalue weighted by Crippen LogP contribution is -2.30. The minimum atomic E-state index is -0.251. The van der Waals surface area contributed by atoms with E-state index in [1.54, 1.807) is 0 Å². The number of amides is 2. The van der Waals surface area contributed by atoms with Gasteiger partial charge in [0.25, 0.3) is 0 Å². The van der Waals surface area contributed by atoms with Gasteiger partial charge in [0.1, 0.15) is 0 Å². The fourth-order valence-corrected chi connectivity index (χ4v) is 2.90. The smallest absolute Gasteiger partial charge is 0.323 e. The van der Waals surface area contributed by atoms with E-state index in [2.05, 4.69) is 53.6 Å². The molecular formula is C23H25N3O. The largest absolute Gasteiger partial charge is 0.365 e. The Morgan fingerprint density at radius 3 is 1.85 bits per heavy atom. The predicted molar refractivity (Wildman–Crippen MR) is 113 cm³/mol. The normalized spacial score (nSPS) is 10.5. The average molecular weight is 359 g/mol. The number of nitrogens with one attached hydrogen (secondary N) is 2. The van der Waals surface area contributed by atoms with Crippen LogP contribution in [-0.2, 0) is 6.54 Å². The van der Waals surface area contributed by atoms with Crippen LogP contribution in [0, 0.1) is 0 Å². The van der Waals surface area contributed by atoms with Crippen molar-refractivity contribution in [2.75, 3.05) is 15.5 Å². The van der Waals surface area contributed by atoms with E-state index in [0.717, 1.165) is 23.6 Å². The van der Waals surface area contributed by atoms with Gasteiger partial charge in [-0.2, -0.15) is 0 Å². The molecule has 4 heteroatoms. The lowest BCUT2D eigenvalue weighted by atomic mass is 10.1. The summed E-state index contributed by atoms with van der Waals surface area (Å²) in [5.74, 6) is 0. The maximum absolute atomic E-state index is 12.1. The van der Waals surface area contributed by atoms with Gasteiger partial charge in [0.2, 0.25) is 0 Å². The fraction of sp³-hybridized carbons (Fsp3) is 0.174. The predicted octanol–water partition coefficient (Wildman–Crippen LogP) is 5.75. The Morgan fingerprint density at radius 1 is 0.778 bits per heavy atom. The Labute approximate surface area is 160 Å². The number of urea groups is 1. The van der Waals surface area contributed by atoms with Crippen molar-refractivity contribution in [1.82, 2.24) is 0 Å². The minimum absolute atomic E-state index is 0.251. The van der Waals surface area contributed by atoms with E-state index in [1.165, 1.54) is 5.56 Å². The number of carbonyl (C=O) groups excluding carboxylic acids is 1. The minimum Gasteiger partial charge on any atom is -0.365 e. The van der Waals surface area contributed by atoms with Crippen LogP contribution < -0.4 is 15.5 Å². The molecule has 0 unspecified atom stereocenters. The van der Waals surface area contributed by atoms with Crippen LogP contribution in [0.1, 0.15) is 19.4 Å². The van der Waals surface area contributed by atoms with Gasteiger partial charge in [0.15, 0.2) is 0 Å². The zero-order valence-electron chi connectivity index (χ0n) is 15.7. The summed E-state index contributed by atoms with van der Waals surface area (Å²) < 4.78 is 0.